The summed E-state index contributed by atoms with van der Waals surface area (Å²) < 4.78 is 0. The minimum Gasteiger partial charge on any atom is -0.379 e. The lowest BCUT2D eigenvalue weighted by Gasteiger charge is -2.18. The van der Waals surface area contributed by atoms with Crippen LogP contribution in [0, 0.1) is 5.92 Å². The molecule has 0 aromatic rings. The first-order valence-corrected chi connectivity index (χ1v) is 6.16. The van der Waals surface area contributed by atoms with Crippen LogP contribution in [0.25, 0.3) is 0 Å². The smallest absolute Gasteiger partial charge is 0.105 e. The molecule has 2 unspecified atom stereocenters. The van der Waals surface area contributed by atoms with Crippen LogP contribution in [0.4, 0.5) is 0 Å². The van der Waals surface area contributed by atoms with Crippen molar-refractivity contribution < 1.29 is 5.11 Å². The van der Waals surface area contributed by atoms with Crippen molar-refractivity contribution in [1.82, 2.24) is 0 Å². The van der Waals surface area contributed by atoms with E-state index in [1.54, 1.807) is 0 Å². The van der Waals surface area contributed by atoms with Gasteiger partial charge in [0.1, 0.15) is 6.23 Å². The monoisotopic (exact) mass is 201 g/mol. The van der Waals surface area contributed by atoms with E-state index in [0.717, 1.165) is 19.3 Å². The molecular formula is C12H27NO. The fourth-order valence-corrected chi connectivity index (χ4v) is 1.87. The van der Waals surface area contributed by atoms with Gasteiger partial charge in [0.05, 0.1) is 0 Å². The van der Waals surface area contributed by atoms with Crippen LogP contribution in [-0.4, -0.2) is 11.3 Å². The summed E-state index contributed by atoms with van der Waals surface area (Å²) in [5.41, 5.74) is 5.52. The Labute approximate surface area is 88.9 Å². The van der Waals surface area contributed by atoms with E-state index in [1.165, 1.54) is 32.1 Å². The minimum atomic E-state index is -0.610. The van der Waals surface area contributed by atoms with E-state index in [2.05, 4.69) is 13.8 Å². The molecule has 2 nitrogen and oxygen atoms in total. The van der Waals surface area contributed by atoms with Gasteiger partial charge in [0, 0.05) is 0 Å². The number of hydrogen-bond donors (Lipinski definition) is 2. The molecule has 0 aliphatic rings. The van der Waals surface area contributed by atoms with Gasteiger partial charge in [0.25, 0.3) is 0 Å². The second-order valence-electron chi connectivity index (χ2n) is 4.24. The highest BCUT2D eigenvalue weighted by Gasteiger charge is 2.13. The zero-order chi connectivity index (χ0) is 10.8. The van der Waals surface area contributed by atoms with Gasteiger partial charge < -0.3 is 10.8 Å². The molecule has 0 bridgehead atoms. The quantitative estimate of drug-likeness (QED) is 0.445. The molecule has 0 radical (unpaired) electrons. The standard InChI is InChI=1S/C12H27NO/c1-3-5-6-7-8-10-11(9-4-2)12(13)14/h11-12,14H,3-10,13H2,1-2H3. The summed E-state index contributed by atoms with van der Waals surface area (Å²) in [4.78, 5) is 0. The van der Waals surface area contributed by atoms with Gasteiger partial charge in [-0.2, -0.15) is 0 Å². The Bertz CT molecular complexity index is 115. The van der Waals surface area contributed by atoms with Gasteiger partial charge in [-0.05, 0) is 18.8 Å². The Kier molecular flexibility index (Phi) is 9.42. The number of aliphatic hydroxyl groups excluding tert-OH is 1. The molecule has 0 rings (SSSR count). The second-order valence-corrected chi connectivity index (χ2v) is 4.24. The zero-order valence-electron chi connectivity index (χ0n) is 9.84. The topological polar surface area (TPSA) is 46.2 Å². The van der Waals surface area contributed by atoms with Gasteiger partial charge in [-0.3, -0.25) is 0 Å². The molecule has 0 fully saturated rings. The number of nitrogens with two attached hydrogens (primary N) is 1. The van der Waals surface area contributed by atoms with E-state index >= 15 is 0 Å². The molecule has 2 atom stereocenters. The average Bonchev–Trinajstić information content (AvgIpc) is 2.15. The third kappa shape index (κ3) is 7.34. The molecule has 0 saturated heterocycles. The predicted octanol–water partition coefficient (Wildman–Crippen LogP) is 3.04. The van der Waals surface area contributed by atoms with Crippen LogP contribution in [0.5, 0.6) is 0 Å². The third-order valence-electron chi connectivity index (χ3n) is 2.82. The van der Waals surface area contributed by atoms with Gasteiger partial charge in [0.2, 0.25) is 0 Å². The first kappa shape index (κ1) is 13.9. The van der Waals surface area contributed by atoms with Crippen molar-refractivity contribution in [2.24, 2.45) is 11.7 Å². The first-order chi connectivity index (χ1) is 6.72. The lowest BCUT2D eigenvalue weighted by molar-refractivity contribution is 0.101. The van der Waals surface area contributed by atoms with E-state index in [4.69, 9.17) is 5.73 Å². The number of aliphatic hydroxyl groups is 1. The van der Waals surface area contributed by atoms with Crippen LogP contribution in [0.3, 0.4) is 0 Å². The van der Waals surface area contributed by atoms with Gasteiger partial charge in [-0.15, -0.1) is 0 Å². The molecule has 14 heavy (non-hydrogen) atoms. The van der Waals surface area contributed by atoms with Gasteiger partial charge >= 0.3 is 0 Å². The van der Waals surface area contributed by atoms with Crippen molar-refractivity contribution in [3.05, 3.63) is 0 Å². The number of unbranched alkanes of at least 4 members (excludes halogenated alkanes) is 4. The van der Waals surface area contributed by atoms with Crippen LogP contribution < -0.4 is 5.73 Å². The Balaban J connectivity index is 3.41. The molecule has 0 aliphatic carbocycles. The molecule has 0 heterocycles. The van der Waals surface area contributed by atoms with E-state index < -0.39 is 6.23 Å². The van der Waals surface area contributed by atoms with Crippen molar-refractivity contribution in [1.29, 1.82) is 0 Å². The predicted molar refractivity (Wildman–Crippen MR) is 62.0 cm³/mol. The largest absolute Gasteiger partial charge is 0.379 e. The summed E-state index contributed by atoms with van der Waals surface area (Å²) in [5.74, 6) is 0.321. The normalized spacial score (nSPS) is 15.4. The SMILES string of the molecule is CCCCCCCC(CCC)C(N)O. The third-order valence-corrected chi connectivity index (χ3v) is 2.82. The van der Waals surface area contributed by atoms with Gasteiger partial charge in [0.15, 0.2) is 0 Å². The van der Waals surface area contributed by atoms with Crippen LogP contribution in [0.15, 0.2) is 0 Å². The van der Waals surface area contributed by atoms with E-state index in [1.807, 2.05) is 0 Å². The maximum absolute atomic E-state index is 9.32. The molecule has 0 amide bonds. The maximum Gasteiger partial charge on any atom is 0.105 e. The summed E-state index contributed by atoms with van der Waals surface area (Å²) in [6, 6.07) is 0. The molecule has 0 aromatic carbocycles. The summed E-state index contributed by atoms with van der Waals surface area (Å²) in [6.45, 7) is 4.37. The van der Waals surface area contributed by atoms with Gasteiger partial charge in [-0.1, -0.05) is 52.4 Å². The number of hydrogen-bond acceptors (Lipinski definition) is 2. The Morgan fingerprint density at radius 1 is 0.929 bits per heavy atom. The van der Waals surface area contributed by atoms with Crippen LogP contribution in [0.1, 0.15) is 65.2 Å². The Morgan fingerprint density at radius 3 is 2.07 bits per heavy atom. The maximum atomic E-state index is 9.32. The summed E-state index contributed by atoms with van der Waals surface area (Å²) >= 11 is 0. The van der Waals surface area contributed by atoms with Gasteiger partial charge in [-0.25, -0.2) is 0 Å². The van der Waals surface area contributed by atoms with Crippen molar-refractivity contribution in [2.75, 3.05) is 0 Å². The summed E-state index contributed by atoms with van der Waals surface area (Å²) in [6.07, 6.45) is 9.13. The van der Waals surface area contributed by atoms with E-state index in [0.29, 0.717) is 5.92 Å². The molecule has 0 saturated carbocycles. The highest BCUT2D eigenvalue weighted by Crippen LogP contribution is 2.17. The zero-order valence-corrected chi connectivity index (χ0v) is 9.84. The highest BCUT2D eigenvalue weighted by molar-refractivity contribution is 4.63. The Hall–Kier alpha value is -0.0800. The summed E-state index contributed by atoms with van der Waals surface area (Å²) in [7, 11) is 0. The van der Waals surface area contributed by atoms with Crippen molar-refractivity contribution in [3.8, 4) is 0 Å². The molecular weight excluding hydrogens is 174 g/mol. The van der Waals surface area contributed by atoms with E-state index in [9.17, 15) is 5.11 Å². The van der Waals surface area contributed by atoms with Crippen molar-refractivity contribution in [3.63, 3.8) is 0 Å². The fourth-order valence-electron chi connectivity index (χ4n) is 1.87. The molecule has 0 spiro atoms. The fraction of sp³-hybridized carbons (Fsp3) is 1.00. The minimum absolute atomic E-state index is 0.321. The Morgan fingerprint density at radius 2 is 1.57 bits per heavy atom. The summed E-state index contributed by atoms with van der Waals surface area (Å²) in [5, 5.41) is 9.32. The first-order valence-electron chi connectivity index (χ1n) is 6.16. The van der Waals surface area contributed by atoms with Crippen LogP contribution in [0.2, 0.25) is 0 Å². The van der Waals surface area contributed by atoms with Crippen molar-refractivity contribution in [2.45, 2.75) is 71.4 Å². The second kappa shape index (κ2) is 9.47. The lowest BCUT2D eigenvalue weighted by Crippen LogP contribution is -2.29. The number of rotatable bonds is 9. The van der Waals surface area contributed by atoms with Crippen LogP contribution >= 0.6 is 0 Å². The van der Waals surface area contributed by atoms with E-state index in [-0.39, 0.29) is 0 Å². The molecule has 2 heteroatoms. The molecule has 0 aromatic heterocycles. The molecule has 3 N–H and O–H groups in total. The average molecular weight is 201 g/mol. The molecule has 0 aliphatic heterocycles. The van der Waals surface area contributed by atoms with Crippen molar-refractivity contribution >= 4 is 0 Å². The van der Waals surface area contributed by atoms with Crippen LogP contribution in [-0.2, 0) is 0 Å². The lowest BCUT2D eigenvalue weighted by atomic mass is 9.95. The molecule has 86 valence electrons. The highest BCUT2D eigenvalue weighted by atomic mass is 16.3.